The van der Waals surface area contributed by atoms with Gasteiger partial charge in [0.05, 0.1) is 6.10 Å². The molecule has 0 saturated carbocycles. The van der Waals surface area contributed by atoms with Gasteiger partial charge in [0.1, 0.15) is 0 Å². The number of carboxylic acid groups (broad SMARTS) is 1. The second-order valence-corrected chi connectivity index (χ2v) is 6.04. The zero-order valence-corrected chi connectivity index (χ0v) is 14.2. The van der Waals surface area contributed by atoms with E-state index in [0.717, 1.165) is 19.4 Å². The summed E-state index contributed by atoms with van der Waals surface area (Å²) in [6.45, 7) is 5.23. The largest absolute Gasteiger partial charge is 0.481 e. The van der Waals surface area contributed by atoms with E-state index >= 15 is 0 Å². The molecule has 0 aliphatic heterocycles. The van der Waals surface area contributed by atoms with E-state index in [1.807, 2.05) is 0 Å². The van der Waals surface area contributed by atoms with Crippen molar-refractivity contribution in [1.29, 1.82) is 0 Å². The van der Waals surface area contributed by atoms with Crippen molar-refractivity contribution in [1.82, 2.24) is 0 Å². The van der Waals surface area contributed by atoms with E-state index in [9.17, 15) is 4.79 Å². The van der Waals surface area contributed by atoms with Crippen LogP contribution in [0.25, 0.3) is 0 Å². The van der Waals surface area contributed by atoms with Gasteiger partial charge in [0.25, 0.3) is 0 Å². The van der Waals surface area contributed by atoms with Gasteiger partial charge in [-0.1, -0.05) is 71.6 Å². The molecule has 0 saturated heterocycles. The molecule has 0 aliphatic rings. The fourth-order valence-corrected chi connectivity index (χ4v) is 2.53. The number of unbranched alkanes of at least 4 members (excludes halogenated alkanes) is 8. The minimum Gasteiger partial charge on any atom is -0.481 e. The normalized spacial score (nSPS) is 12.5. The maximum Gasteiger partial charge on any atom is 0.303 e. The Balaban J connectivity index is 3.72. The molecule has 1 N–H and O–H groups in total. The highest BCUT2D eigenvalue weighted by molar-refractivity contribution is 5.66. The topological polar surface area (TPSA) is 46.5 Å². The SMILES string of the molecule is CCCCCCCCC(CCC(=O)O)OCCCCCC. The van der Waals surface area contributed by atoms with Gasteiger partial charge in [-0.25, -0.2) is 0 Å². The summed E-state index contributed by atoms with van der Waals surface area (Å²) < 4.78 is 5.90. The average Bonchev–Trinajstić information content (AvgIpc) is 2.47. The standard InChI is InChI=1S/C18H36O3/c1-3-5-7-9-10-11-13-17(14-15-18(19)20)21-16-12-8-6-4-2/h17H,3-16H2,1-2H3,(H,19,20). The molecule has 0 aromatic rings. The van der Waals surface area contributed by atoms with Crippen molar-refractivity contribution >= 4 is 5.97 Å². The third kappa shape index (κ3) is 15.6. The fraction of sp³-hybridized carbons (Fsp3) is 0.944. The predicted molar refractivity (Wildman–Crippen MR) is 88.7 cm³/mol. The molecule has 0 rings (SSSR count). The molecule has 3 heteroatoms. The van der Waals surface area contributed by atoms with E-state index in [2.05, 4.69) is 13.8 Å². The molecule has 0 spiro atoms. The van der Waals surface area contributed by atoms with E-state index in [1.54, 1.807) is 0 Å². The predicted octanol–water partition coefficient (Wildman–Crippen LogP) is 5.57. The number of aliphatic carboxylic acids is 1. The highest BCUT2D eigenvalue weighted by Gasteiger charge is 2.11. The van der Waals surface area contributed by atoms with Crippen LogP contribution in [-0.4, -0.2) is 23.8 Å². The van der Waals surface area contributed by atoms with Crippen LogP contribution in [-0.2, 0) is 9.53 Å². The molecule has 0 bridgehead atoms. The molecular weight excluding hydrogens is 264 g/mol. The van der Waals surface area contributed by atoms with Crippen molar-refractivity contribution in [2.24, 2.45) is 0 Å². The summed E-state index contributed by atoms with van der Waals surface area (Å²) in [4.78, 5) is 10.7. The molecular formula is C18H36O3. The Labute approximate surface area is 131 Å². The minimum absolute atomic E-state index is 0.147. The van der Waals surface area contributed by atoms with Gasteiger partial charge < -0.3 is 9.84 Å². The Morgan fingerprint density at radius 2 is 1.43 bits per heavy atom. The molecule has 126 valence electrons. The number of hydrogen-bond donors (Lipinski definition) is 1. The maximum absolute atomic E-state index is 10.7. The number of carboxylic acids is 1. The fourth-order valence-electron chi connectivity index (χ4n) is 2.53. The van der Waals surface area contributed by atoms with Gasteiger partial charge in [0, 0.05) is 13.0 Å². The van der Waals surface area contributed by atoms with Gasteiger partial charge in [0.2, 0.25) is 0 Å². The first kappa shape index (κ1) is 20.4. The number of ether oxygens (including phenoxy) is 1. The summed E-state index contributed by atoms with van der Waals surface area (Å²) in [7, 11) is 0. The molecule has 0 aliphatic carbocycles. The van der Waals surface area contributed by atoms with Crippen molar-refractivity contribution < 1.29 is 14.6 Å². The van der Waals surface area contributed by atoms with Crippen LogP contribution < -0.4 is 0 Å². The lowest BCUT2D eigenvalue weighted by Crippen LogP contribution is -2.16. The second-order valence-electron chi connectivity index (χ2n) is 6.04. The third-order valence-electron chi connectivity index (χ3n) is 3.91. The van der Waals surface area contributed by atoms with Gasteiger partial charge in [-0.3, -0.25) is 4.79 Å². The van der Waals surface area contributed by atoms with E-state index in [0.29, 0.717) is 6.42 Å². The molecule has 21 heavy (non-hydrogen) atoms. The molecule has 0 heterocycles. The summed E-state index contributed by atoms with van der Waals surface area (Å²) in [6, 6.07) is 0. The van der Waals surface area contributed by atoms with Crippen LogP contribution in [0.1, 0.15) is 97.3 Å². The lowest BCUT2D eigenvalue weighted by molar-refractivity contribution is -0.137. The van der Waals surface area contributed by atoms with Crippen LogP contribution >= 0.6 is 0 Å². The molecule has 1 unspecified atom stereocenters. The monoisotopic (exact) mass is 300 g/mol. The van der Waals surface area contributed by atoms with Crippen LogP contribution in [0.5, 0.6) is 0 Å². The summed E-state index contributed by atoms with van der Waals surface area (Å²) in [5, 5.41) is 8.82. The van der Waals surface area contributed by atoms with Crippen molar-refractivity contribution in [2.75, 3.05) is 6.61 Å². The highest BCUT2D eigenvalue weighted by Crippen LogP contribution is 2.15. The highest BCUT2D eigenvalue weighted by atomic mass is 16.5. The Morgan fingerprint density at radius 3 is 2.05 bits per heavy atom. The Morgan fingerprint density at radius 1 is 0.857 bits per heavy atom. The smallest absolute Gasteiger partial charge is 0.303 e. The molecule has 0 aromatic heterocycles. The van der Waals surface area contributed by atoms with Gasteiger partial charge >= 0.3 is 5.97 Å². The van der Waals surface area contributed by atoms with Gasteiger partial charge in [-0.05, 0) is 19.3 Å². The van der Waals surface area contributed by atoms with Crippen molar-refractivity contribution in [2.45, 2.75) is 103 Å². The molecule has 0 radical (unpaired) electrons. The van der Waals surface area contributed by atoms with Crippen LogP contribution in [0.4, 0.5) is 0 Å². The van der Waals surface area contributed by atoms with Gasteiger partial charge in [0.15, 0.2) is 0 Å². The van der Waals surface area contributed by atoms with Gasteiger partial charge in [-0.2, -0.15) is 0 Å². The van der Waals surface area contributed by atoms with Crippen molar-refractivity contribution in [3.8, 4) is 0 Å². The third-order valence-corrected chi connectivity index (χ3v) is 3.91. The molecule has 0 aromatic carbocycles. The Hall–Kier alpha value is -0.570. The van der Waals surface area contributed by atoms with Crippen LogP contribution in [0, 0.1) is 0 Å². The van der Waals surface area contributed by atoms with Gasteiger partial charge in [-0.15, -0.1) is 0 Å². The van der Waals surface area contributed by atoms with Crippen molar-refractivity contribution in [3.63, 3.8) is 0 Å². The average molecular weight is 300 g/mol. The molecule has 0 fully saturated rings. The van der Waals surface area contributed by atoms with Crippen molar-refractivity contribution in [3.05, 3.63) is 0 Å². The lowest BCUT2D eigenvalue weighted by atomic mass is 10.0. The van der Waals surface area contributed by atoms with E-state index in [-0.39, 0.29) is 12.5 Å². The Bertz CT molecular complexity index is 229. The molecule has 1 atom stereocenters. The van der Waals surface area contributed by atoms with E-state index < -0.39 is 5.97 Å². The zero-order chi connectivity index (χ0) is 15.8. The quantitative estimate of drug-likeness (QED) is 0.379. The van der Waals surface area contributed by atoms with Crippen LogP contribution in [0.2, 0.25) is 0 Å². The number of rotatable bonds is 16. The first-order valence-electron chi connectivity index (χ1n) is 9.04. The molecule has 3 nitrogen and oxygen atoms in total. The first-order chi connectivity index (χ1) is 10.2. The lowest BCUT2D eigenvalue weighted by Gasteiger charge is -2.17. The summed E-state index contributed by atoms with van der Waals surface area (Å²) in [5.74, 6) is -0.711. The molecule has 0 amide bonds. The number of hydrogen-bond acceptors (Lipinski definition) is 2. The first-order valence-corrected chi connectivity index (χ1v) is 9.04. The maximum atomic E-state index is 10.7. The second kappa shape index (κ2) is 15.8. The summed E-state index contributed by atoms with van der Waals surface area (Å²) in [5.41, 5.74) is 0. The summed E-state index contributed by atoms with van der Waals surface area (Å²) >= 11 is 0. The Kier molecular flexibility index (Phi) is 15.4. The zero-order valence-electron chi connectivity index (χ0n) is 14.2. The van der Waals surface area contributed by atoms with Crippen LogP contribution in [0.3, 0.4) is 0 Å². The van der Waals surface area contributed by atoms with Crippen LogP contribution in [0.15, 0.2) is 0 Å². The summed E-state index contributed by atoms with van der Waals surface area (Å²) in [6.07, 6.45) is 14.6. The van der Waals surface area contributed by atoms with E-state index in [4.69, 9.17) is 9.84 Å². The van der Waals surface area contributed by atoms with E-state index in [1.165, 1.54) is 57.8 Å². The minimum atomic E-state index is -0.711. The number of carbonyl (C=O) groups is 1.